The molecule has 1 amide bonds. The molecule has 2 unspecified atom stereocenters. The van der Waals surface area contributed by atoms with Crippen molar-refractivity contribution in [2.75, 3.05) is 6.61 Å². The van der Waals surface area contributed by atoms with E-state index < -0.39 is 11.6 Å². The van der Waals surface area contributed by atoms with Crippen molar-refractivity contribution in [3.05, 3.63) is 53.5 Å². The molecule has 33 heavy (non-hydrogen) atoms. The summed E-state index contributed by atoms with van der Waals surface area (Å²) in [7, 11) is 0. The smallest absolute Gasteiger partial charge is 0.232 e. The average molecular weight is 450 g/mol. The minimum absolute atomic E-state index is 0.0732. The van der Waals surface area contributed by atoms with Crippen LogP contribution in [0, 0.1) is 52.6 Å². The molecule has 2 bridgehead atoms. The first kappa shape index (κ1) is 20.5. The van der Waals surface area contributed by atoms with Gasteiger partial charge >= 0.3 is 0 Å². The number of hydrogen-bond donors (Lipinski definition) is 0. The fraction of sp³-hybridized carbons (Fsp3) is 0.520. The Hall–Kier alpha value is -3.08. The summed E-state index contributed by atoms with van der Waals surface area (Å²) in [4.78, 5) is 23.8. The first-order valence-electron chi connectivity index (χ1n) is 11.6. The lowest BCUT2D eigenvalue weighted by Gasteiger charge is -2.51. The molecule has 1 saturated heterocycles. The quantitative estimate of drug-likeness (QED) is 0.687. The molecular weight excluding hydrogens is 426 g/mol. The molecule has 1 aromatic heterocycles. The van der Waals surface area contributed by atoms with Gasteiger partial charge in [0.15, 0.2) is 5.69 Å². The number of carbonyl (C=O) groups is 1. The van der Waals surface area contributed by atoms with Crippen molar-refractivity contribution in [1.29, 1.82) is 5.26 Å². The second-order valence-electron chi connectivity index (χ2n) is 10.0. The lowest BCUT2D eigenvalue weighted by Crippen LogP contribution is -2.51. The van der Waals surface area contributed by atoms with Gasteiger partial charge in [-0.15, -0.1) is 0 Å². The number of ether oxygens (including phenoxy) is 1. The number of carbonyl (C=O) groups excluding carboxylic acids is 1. The maximum atomic E-state index is 13.9. The molecule has 1 aromatic carbocycles. The lowest BCUT2D eigenvalue weighted by atomic mass is 9.55. The largest absolute Gasteiger partial charge is 0.476 e. The minimum Gasteiger partial charge on any atom is -0.476 e. The molecule has 7 rings (SSSR count). The summed E-state index contributed by atoms with van der Waals surface area (Å²) in [5.41, 5.74) is 0.804. The SMILES string of the molecule is N#Cc1cnc(OCC2CC(C(=O)N3[C@@H]4C[C@@H]4C[C@H]3c3cc(F)cc(F)c3)C3CC2C3)cn1. The number of amides is 1. The summed E-state index contributed by atoms with van der Waals surface area (Å²) in [6.45, 7) is 0.465. The zero-order valence-corrected chi connectivity index (χ0v) is 18.0. The van der Waals surface area contributed by atoms with Crippen molar-refractivity contribution in [2.45, 2.75) is 44.2 Å². The van der Waals surface area contributed by atoms with Crippen LogP contribution in [0.1, 0.15) is 49.4 Å². The second-order valence-corrected chi connectivity index (χ2v) is 10.0. The lowest BCUT2D eigenvalue weighted by molar-refractivity contribution is -0.148. The highest BCUT2D eigenvalue weighted by molar-refractivity contribution is 5.81. The predicted molar refractivity (Wildman–Crippen MR) is 113 cm³/mol. The van der Waals surface area contributed by atoms with Crippen LogP contribution in [0.4, 0.5) is 8.78 Å². The van der Waals surface area contributed by atoms with Crippen molar-refractivity contribution in [3.8, 4) is 11.9 Å². The number of nitriles is 1. The highest BCUT2D eigenvalue weighted by Gasteiger charge is 2.58. The van der Waals surface area contributed by atoms with Crippen LogP contribution in [0.2, 0.25) is 0 Å². The van der Waals surface area contributed by atoms with Gasteiger partial charge in [0.25, 0.3) is 0 Å². The first-order chi connectivity index (χ1) is 16.0. The van der Waals surface area contributed by atoms with E-state index in [1.807, 2.05) is 11.0 Å². The second kappa shape index (κ2) is 7.75. The third-order valence-electron chi connectivity index (χ3n) is 8.14. The Labute approximate surface area is 190 Å². The Morgan fingerprint density at radius 1 is 1.03 bits per heavy atom. The summed E-state index contributed by atoms with van der Waals surface area (Å²) < 4.78 is 33.6. The summed E-state index contributed by atoms with van der Waals surface area (Å²) in [6.07, 6.45) is 7.41. The van der Waals surface area contributed by atoms with Crippen LogP contribution in [0.3, 0.4) is 0 Å². The molecule has 170 valence electrons. The molecule has 4 saturated carbocycles. The molecule has 4 aliphatic carbocycles. The number of fused-ring (bicyclic) bond motifs is 3. The summed E-state index contributed by atoms with van der Waals surface area (Å²) in [5.74, 6) is 0.882. The fourth-order valence-corrected chi connectivity index (χ4v) is 6.31. The van der Waals surface area contributed by atoms with Gasteiger partial charge in [-0.05, 0) is 73.5 Å². The summed E-state index contributed by atoms with van der Waals surface area (Å²) >= 11 is 0. The van der Waals surface area contributed by atoms with E-state index >= 15 is 0 Å². The molecule has 1 aliphatic heterocycles. The molecule has 8 heteroatoms. The van der Waals surface area contributed by atoms with Crippen LogP contribution in [0.15, 0.2) is 30.6 Å². The van der Waals surface area contributed by atoms with Crippen LogP contribution in [0.25, 0.3) is 0 Å². The van der Waals surface area contributed by atoms with E-state index in [1.54, 1.807) is 0 Å². The number of hydrogen-bond acceptors (Lipinski definition) is 5. The molecule has 5 atom stereocenters. The van der Waals surface area contributed by atoms with Gasteiger partial charge in [0.05, 0.1) is 25.0 Å². The van der Waals surface area contributed by atoms with Crippen LogP contribution in [-0.2, 0) is 4.79 Å². The van der Waals surface area contributed by atoms with Crippen molar-refractivity contribution in [2.24, 2.45) is 29.6 Å². The third kappa shape index (κ3) is 3.64. The van der Waals surface area contributed by atoms with Crippen LogP contribution < -0.4 is 4.74 Å². The zero-order chi connectivity index (χ0) is 22.7. The van der Waals surface area contributed by atoms with Crippen molar-refractivity contribution < 1.29 is 18.3 Å². The van der Waals surface area contributed by atoms with E-state index in [9.17, 15) is 13.6 Å². The number of benzene rings is 1. The standard InChI is InChI=1S/C25H24F2N4O2/c26-18-3-15(4-19(27)8-18)22-6-16-7-23(16)31(22)25(32)21-5-17(13-1-14(21)2-13)12-33-24-11-29-20(9-28)10-30-24/h3-4,8,10-11,13-14,16-17,21-23H,1-2,5-7,12H2/t13?,14?,16-,17?,21?,22-,23+/m0/s1. The van der Waals surface area contributed by atoms with Gasteiger partial charge in [-0.3, -0.25) is 4.79 Å². The highest BCUT2D eigenvalue weighted by Crippen LogP contribution is 2.57. The number of rotatable bonds is 5. The Morgan fingerprint density at radius 3 is 2.52 bits per heavy atom. The Bertz CT molecular complexity index is 1110. The fourth-order valence-electron chi connectivity index (χ4n) is 6.31. The van der Waals surface area contributed by atoms with E-state index in [0.29, 0.717) is 35.8 Å². The van der Waals surface area contributed by atoms with Crippen LogP contribution in [0.5, 0.6) is 5.88 Å². The highest BCUT2D eigenvalue weighted by atomic mass is 19.1. The topological polar surface area (TPSA) is 79.1 Å². The number of piperidine rings is 1. The monoisotopic (exact) mass is 450 g/mol. The average Bonchev–Trinajstić information content (AvgIpc) is 3.45. The number of likely N-dealkylation sites (tertiary alicyclic amines) is 1. The molecule has 0 spiro atoms. The van der Waals surface area contributed by atoms with Crippen LogP contribution in [-0.4, -0.2) is 33.4 Å². The molecule has 0 radical (unpaired) electrons. The first-order valence-corrected chi connectivity index (χ1v) is 11.6. The molecule has 6 nitrogen and oxygen atoms in total. The summed E-state index contributed by atoms with van der Waals surface area (Å²) in [6, 6.07) is 5.51. The molecular formula is C25H24F2N4O2. The predicted octanol–water partition coefficient (Wildman–Crippen LogP) is 4.03. The summed E-state index contributed by atoms with van der Waals surface area (Å²) in [5, 5.41) is 8.85. The van der Waals surface area contributed by atoms with Gasteiger partial charge < -0.3 is 9.64 Å². The van der Waals surface area contributed by atoms with Crippen molar-refractivity contribution in [3.63, 3.8) is 0 Å². The maximum Gasteiger partial charge on any atom is 0.232 e. The molecule has 2 heterocycles. The van der Waals surface area contributed by atoms with E-state index in [0.717, 1.165) is 38.2 Å². The van der Waals surface area contributed by atoms with Crippen molar-refractivity contribution >= 4 is 5.91 Å². The Kier molecular flexibility index (Phi) is 4.82. The van der Waals surface area contributed by atoms with E-state index in [2.05, 4.69) is 9.97 Å². The van der Waals surface area contributed by atoms with Crippen LogP contribution >= 0.6 is 0 Å². The zero-order valence-electron chi connectivity index (χ0n) is 18.0. The van der Waals surface area contributed by atoms with Gasteiger partial charge in [0, 0.05) is 18.0 Å². The molecule has 5 fully saturated rings. The van der Waals surface area contributed by atoms with Crippen molar-refractivity contribution in [1.82, 2.24) is 14.9 Å². The van der Waals surface area contributed by atoms with Gasteiger partial charge in [-0.1, -0.05) is 0 Å². The molecule has 5 aliphatic rings. The maximum absolute atomic E-state index is 13.9. The minimum atomic E-state index is -0.597. The molecule has 0 N–H and O–H groups in total. The Balaban J connectivity index is 1.16. The Morgan fingerprint density at radius 2 is 1.82 bits per heavy atom. The number of aromatic nitrogens is 2. The number of nitrogens with zero attached hydrogens (tertiary/aromatic N) is 4. The van der Waals surface area contributed by atoms with E-state index in [4.69, 9.17) is 10.00 Å². The van der Waals surface area contributed by atoms with Gasteiger partial charge in [-0.25, -0.2) is 18.7 Å². The van der Waals surface area contributed by atoms with Gasteiger partial charge in [0.1, 0.15) is 17.7 Å². The third-order valence-corrected chi connectivity index (χ3v) is 8.14. The molecule has 2 aromatic rings. The van der Waals surface area contributed by atoms with Gasteiger partial charge in [-0.2, -0.15) is 5.26 Å². The normalized spacial score (nSPS) is 33.6. The van der Waals surface area contributed by atoms with Gasteiger partial charge in [0.2, 0.25) is 11.8 Å². The number of halogens is 2. The van der Waals surface area contributed by atoms with E-state index in [1.165, 1.54) is 24.5 Å². The van der Waals surface area contributed by atoms with E-state index in [-0.39, 0.29) is 35.5 Å².